The third kappa shape index (κ3) is 0.939. The molecule has 0 saturated carbocycles. The Morgan fingerprint density at radius 1 is 1.82 bits per heavy atom. The second-order valence-electron chi connectivity index (χ2n) is 2.42. The molecule has 58 valence electrons. The number of hydrogen-bond acceptors (Lipinski definition) is 2. The fourth-order valence-electron chi connectivity index (χ4n) is 1.22. The molecule has 1 aliphatic heterocycles. The van der Waals surface area contributed by atoms with Crippen molar-refractivity contribution in [1.29, 1.82) is 0 Å². The van der Waals surface area contributed by atoms with Crippen molar-refractivity contribution in [3.05, 3.63) is 24.0 Å². The van der Waals surface area contributed by atoms with Gasteiger partial charge in [-0.2, -0.15) is 0 Å². The van der Waals surface area contributed by atoms with Gasteiger partial charge in [0.2, 0.25) is 0 Å². The van der Waals surface area contributed by atoms with Gasteiger partial charge in [-0.25, -0.2) is 0 Å². The van der Waals surface area contributed by atoms with E-state index in [1.807, 2.05) is 22.9 Å². The SMILES string of the molecule is O=C(O)C1SCn2cccc21. The zero-order valence-corrected chi connectivity index (χ0v) is 6.54. The van der Waals surface area contributed by atoms with Crippen LogP contribution in [-0.2, 0) is 10.7 Å². The van der Waals surface area contributed by atoms with Crippen molar-refractivity contribution < 1.29 is 9.90 Å². The fraction of sp³-hybridized carbons (Fsp3) is 0.286. The van der Waals surface area contributed by atoms with Crippen molar-refractivity contribution in [3.63, 3.8) is 0 Å². The molecule has 0 spiro atoms. The Labute approximate surface area is 68.0 Å². The van der Waals surface area contributed by atoms with Gasteiger partial charge in [-0.1, -0.05) is 0 Å². The molecule has 4 heteroatoms. The molecule has 1 aliphatic rings. The van der Waals surface area contributed by atoms with E-state index in [2.05, 4.69) is 0 Å². The summed E-state index contributed by atoms with van der Waals surface area (Å²) in [6.07, 6.45) is 1.91. The van der Waals surface area contributed by atoms with Crippen LogP contribution in [0, 0.1) is 0 Å². The molecule has 1 aromatic heterocycles. The predicted molar refractivity (Wildman–Crippen MR) is 42.4 cm³/mol. The van der Waals surface area contributed by atoms with E-state index in [9.17, 15) is 4.79 Å². The number of carboxylic acid groups (broad SMARTS) is 1. The summed E-state index contributed by atoms with van der Waals surface area (Å²) in [5, 5.41) is 8.39. The monoisotopic (exact) mass is 169 g/mol. The number of rotatable bonds is 1. The zero-order chi connectivity index (χ0) is 7.84. The number of aliphatic carboxylic acids is 1. The second-order valence-corrected chi connectivity index (χ2v) is 3.48. The number of carbonyl (C=O) groups is 1. The van der Waals surface area contributed by atoms with Crippen LogP contribution in [0.4, 0.5) is 0 Å². The quantitative estimate of drug-likeness (QED) is 0.689. The summed E-state index contributed by atoms with van der Waals surface area (Å²) in [4.78, 5) is 10.6. The van der Waals surface area contributed by atoms with Gasteiger partial charge in [0.1, 0.15) is 5.25 Å². The number of fused-ring (bicyclic) bond motifs is 1. The van der Waals surface area contributed by atoms with Crippen LogP contribution in [-0.4, -0.2) is 15.6 Å². The molecule has 2 heterocycles. The standard InChI is InChI=1S/C7H7NO2S/c9-7(10)6-5-2-1-3-8(5)4-11-6/h1-3,6H,4H2,(H,9,10). The van der Waals surface area contributed by atoms with Crippen LogP contribution in [0.2, 0.25) is 0 Å². The largest absolute Gasteiger partial charge is 0.480 e. The van der Waals surface area contributed by atoms with E-state index >= 15 is 0 Å². The molecule has 0 aromatic carbocycles. The Balaban J connectivity index is 2.38. The predicted octanol–water partition coefficient (Wildman–Crippen LogP) is 1.32. The topological polar surface area (TPSA) is 42.2 Å². The third-order valence-electron chi connectivity index (χ3n) is 1.74. The van der Waals surface area contributed by atoms with Crippen LogP contribution in [0.15, 0.2) is 18.3 Å². The van der Waals surface area contributed by atoms with E-state index in [1.165, 1.54) is 11.8 Å². The van der Waals surface area contributed by atoms with Crippen LogP contribution in [0.5, 0.6) is 0 Å². The summed E-state index contributed by atoms with van der Waals surface area (Å²) in [7, 11) is 0. The number of thioether (sulfide) groups is 1. The van der Waals surface area contributed by atoms with Crippen LogP contribution in [0.1, 0.15) is 10.9 Å². The lowest BCUT2D eigenvalue weighted by Gasteiger charge is -1.99. The molecule has 11 heavy (non-hydrogen) atoms. The van der Waals surface area contributed by atoms with Crippen LogP contribution < -0.4 is 0 Å². The first kappa shape index (κ1) is 6.79. The van der Waals surface area contributed by atoms with E-state index in [1.54, 1.807) is 0 Å². The van der Waals surface area contributed by atoms with E-state index in [0.717, 1.165) is 11.6 Å². The maximum atomic E-state index is 10.6. The average Bonchev–Trinajstić information content (AvgIpc) is 2.41. The van der Waals surface area contributed by atoms with Gasteiger partial charge >= 0.3 is 5.97 Å². The van der Waals surface area contributed by atoms with Gasteiger partial charge in [-0.05, 0) is 12.1 Å². The first-order chi connectivity index (χ1) is 5.29. The molecule has 0 aliphatic carbocycles. The van der Waals surface area contributed by atoms with Crippen molar-refractivity contribution in [2.24, 2.45) is 0 Å². The molecular weight excluding hydrogens is 162 g/mol. The Hall–Kier alpha value is -0.900. The molecule has 3 nitrogen and oxygen atoms in total. The van der Waals surface area contributed by atoms with Crippen LogP contribution in [0.25, 0.3) is 0 Å². The molecule has 0 amide bonds. The molecule has 1 N–H and O–H groups in total. The van der Waals surface area contributed by atoms with Gasteiger partial charge in [-0.3, -0.25) is 4.79 Å². The first-order valence-corrected chi connectivity index (χ1v) is 4.33. The molecule has 1 atom stereocenters. The lowest BCUT2D eigenvalue weighted by atomic mass is 10.3. The Bertz CT molecular complexity index is 294. The van der Waals surface area contributed by atoms with Gasteiger partial charge in [0.05, 0.1) is 5.88 Å². The van der Waals surface area contributed by atoms with Gasteiger partial charge < -0.3 is 9.67 Å². The minimum atomic E-state index is -0.743. The summed E-state index contributed by atoms with van der Waals surface area (Å²) in [5.41, 5.74) is 0.905. The normalized spacial score (nSPS) is 21.6. The Morgan fingerprint density at radius 3 is 3.36 bits per heavy atom. The van der Waals surface area contributed by atoms with E-state index in [4.69, 9.17) is 5.11 Å². The van der Waals surface area contributed by atoms with Crippen molar-refractivity contribution in [2.75, 3.05) is 0 Å². The lowest BCUT2D eigenvalue weighted by Crippen LogP contribution is -2.04. The van der Waals surface area contributed by atoms with Gasteiger partial charge in [0, 0.05) is 11.9 Å². The van der Waals surface area contributed by atoms with Crippen molar-refractivity contribution in [1.82, 2.24) is 4.57 Å². The minimum Gasteiger partial charge on any atom is -0.480 e. The van der Waals surface area contributed by atoms with Crippen molar-refractivity contribution >= 4 is 17.7 Å². The Morgan fingerprint density at radius 2 is 2.64 bits per heavy atom. The maximum absolute atomic E-state index is 10.6. The molecule has 1 unspecified atom stereocenters. The summed E-state index contributed by atoms with van der Waals surface area (Å²) in [5.74, 6) is 0.0201. The molecule has 0 bridgehead atoms. The van der Waals surface area contributed by atoms with Crippen LogP contribution >= 0.6 is 11.8 Å². The second kappa shape index (κ2) is 2.30. The fourth-order valence-corrected chi connectivity index (χ4v) is 2.29. The van der Waals surface area contributed by atoms with Crippen LogP contribution in [0.3, 0.4) is 0 Å². The number of carboxylic acids is 1. The summed E-state index contributed by atoms with van der Waals surface area (Å²) < 4.78 is 1.96. The molecule has 2 rings (SSSR count). The van der Waals surface area contributed by atoms with Crippen molar-refractivity contribution in [2.45, 2.75) is 11.1 Å². The highest BCUT2D eigenvalue weighted by Gasteiger charge is 2.28. The number of nitrogens with zero attached hydrogens (tertiary/aromatic N) is 1. The molecular formula is C7H7NO2S. The third-order valence-corrected chi connectivity index (χ3v) is 2.94. The summed E-state index contributed by atoms with van der Waals surface area (Å²) >= 11 is 1.45. The highest BCUT2D eigenvalue weighted by molar-refractivity contribution is 7.99. The number of hydrogen-bond donors (Lipinski definition) is 1. The molecule has 0 radical (unpaired) electrons. The maximum Gasteiger partial charge on any atom is 0.322 e. The summed E-state index contributed by atoms with van der Waals surface area (Å²) in [6.45, 7) is 0. The van der Waals surface area contributed by atoms with E-state index in [-0.39, 0.29) is 5.25 Å². The minimum absolute atomic E-state index is 0.356. The molecule has 0 saturated heterocycles. The van der Waals surface area contributed by atoms with E-state index in [0.29, 0.717) is 0 Å². The summed E-state index contributed by atoms with van der Waals surface area (Å²) in [6, 6.07) is 3.74. The van der Waals surface area contributed by atoms with E-state index < -0.39 is 5.97 Å². The zero-order valence-electron chi connectivity index (χ0n) is 5.73. The molecule has 1 aromatic rings. The lowest BCUT2D eigenvalue weighted by molar-refractivity contribution is -0.136. The van der Waals surface area contributed by atoms with Gasteiger partial charge in [0.15, 0.2) is 0 Å². The smallest absolute Gasteiger partial charge is 0.322 e. The molecule has 0 fully saturated rings. The van der Waals surface area contributed by atoms with Gasteiger partial charge in [-0.15, -0.1) is 11.8 Å². The first-order valence-electron chi connectivity index (χ1n) is 3.28. The Kier molecular flexibility index (Phi) is 1.42. The highest BCUT2D eigenvalue weighted by atomic mass is 32.2. The highest BCUT2D eigenvalue weighted by Crippen LogP contribution is 2.37. The van der Waals surface area contributed by atoms with Gasteiger partial charge in [0.25, 0.3) is 0 Å². The average molecular weight is 169 g/mol. The van der Waals surface area contributed by atoms with Crippen molar-refractivity contribution in [3.8, 4) is 0 Å². The number of aromatic nitrogens is 1.